The van der Waals surface area contributed by atoms with E-state index >= 15 is 0 Å². The Morgan fingerprint density at radius 3 is 2.75 bits per heavy atom. The van der Waals surface area contributed by atoms with Crippen molar-refractivity contribution >= 4 is 5.91 Å². The normalized spacial score (nSPS) is 10.8. The number of nitrogens with zero attached hydrogens (tertiary/aromatic N) is 3. The van der Waals surface area contributed by atoms with Gasteiger partial charge in [0.25, 0.3) is 0 Å². The molecule has 0 bridgehead atoms. The van der Waals surface area contributed by atoms with Gasteiger partial charge in [-0.2, -0.15) is 0 Å². The van der Waals surface area contributed by atoms with E-state index in [-0.39, 0.29) is 5.91 Å². The van der Waals surface area contributed by atoms with Gasteiger partial charge in [-0.25, -0.2) is 4.98 Å². The average molecular weight is 325 g/mol. The second-order valence-electron chi connectivity index (χ2n) is 5.66. The van der Waals surface area contributed by atoms with E-state index in [4.69, 9.17) is 8.94 Å². The first kappa shape index (κ1) is 16.0. The van der Waals surface area contributed by atoms with Crippen molar-refractivity contribution in [3.05, 3.63) is 59.9 Å². The van der Waals surface area contributed by atoms with Crippen LogP contribution in [-0.4, -0.2) is 28.0 Å². The molecule has 0 aliphatic carbocycles. The molecule has 0 saturated heterocycles. The van der Waals surface area contributed by atoms with Gasteiger partial charge < -0.3 is 13.8 Å². The highest BCUT2D eigenvalue weighted by atomic mass is 16.5. The van der Waals surface area contributed by atoms with Gasteiger partial charge in [0.15, 0.2) is 11.7 Å². The zero-order valence-corrected chi connectivity index (χ0v) is 13.7. The van der Waals surface area contributed by atoms with Crippen LogP contribution >= 0.6 is 0 Å². The number of rotatable bonds is 6. The molecule has 3 rings (SSSR count). The number of hydrogen-bond acceptors (Lipinski definition) is 5. The van der Waals surface area contributed by atoms with Gasteiger partial charge in [0.2, 0.25) is 5.91 Å². The van der Waals surface area contributed by atoms with E-state index in [0.717, 1.165) is 17.0 Å². The minimum Gasteiger partial charge on any atom is -0.441 e. The Morgan fingerprint density at radius 2 is 2.04 bits per heavy atom. The minimum atomic E-state index is 0.00936. The fraction of sp³-hybridized carbons (Fsp3) is 0.278. The molecule has 0 fully saturated rings. The van der Waals surface area contributed by atoms with Crippen LogP contribution < -0.4 is 0 Å². The maximum atomic E-state index is 12.2. The molecule has 0 aliphatic heterocycles. The smallest absolute Gasteiger partial charge is 0.223 e. The maximum absolute atomic E-state index is 12.2. The van der Waals surface area contributed by atoms with Gasteiger partial charge >= 0.3 is 0 Å². The second kappa shape index (κ2) is 7.12. The first-order valence-corrected chi connectivity index (χ1v) is 7.78. The van der Waals surface area contributed by atoms with E-state index < -0.39 is 0 Å². The van der Waals surface area contributed by atoms with Gasteiger partial charge in [-0.05, 0) is 6.92 Å². The summed E-state index contributed by atoms with van der Waals surface area (Å²) >= 11 is 0. The molecule has 0 saturated carbocycles. The average Bonchev–Trinajstić information content (AvgIpc) is 3.22. The number of aromatic nitrogens is 2. The third kappa shape index (κ3) is 3.90. The monoisotopic (exact) mass is 325 g/mol. The lowest BCUT2D eigenvalue weighted by molar-refractivity contribution is -0.130. The number of benzene rings is 1. The first-order valence-electron chi connectivity index (χ1n) is 7.78. The van der Waals surface area contributed by atoms with E-state index in [0.29, 0.717) is 31.0 Å². The number of hydrogen-bond donors (Lipinski definition) is 0. The summed E-state index contributed by atoms with van der Waals surface area (Å²) in [7, 11) is 1.75. The quantitative estimate of drug-likeness (QED) is 0.696. The van der Waals surface area contributed by atoms with Gasteiger partial charge in [0.1, 0.15) is 11.5 Å². The fourth-order valence-corrected chi connectivity index (χ4v) is 2.39. The molecule has 6 nitrogen and oxygen atoms in total. The van der Waals surface area contributed by atoms with Crippen LogP contribution in [-0.2, 0) is 17.8 Å². The maximum Gasteiger partial charge on any atom is 0.223 e. The molecule has 0 N–H and O–H groups in total. The van der Waals surface area contributed by atoms with Gasteiger partial charge in [-0.15, -0.1) is 0 Å². The van der Waals surface area contributed by atoms with E-state index in [9.17, 15) is 4.79 Å². The summed E-state index contributed by atoms with van der Waals surface area (Å²) in [5.41, 5.74) is 1.71. The largest absolute Gasteiger partial charge is 0.441 e. The fourth-order valence-electron chi connectivity index (χ4n) is 2.39. The molecule has 24 heavy (non-hydrogen) atoms. The van der Waals surface area contributed by atoms with Crippen LogP contribution in [0.25, 0.3) is 11.3 Å². The summed E-state index contributed by atoms with van der Waals surface area (Å²) < 4.78 is 10.7. The van der Waals surface area contributed by atoms with Crippen LogP contribution in [0.15, 0.2) is 51.5 Å². The van der Waals surface area contributed by atoms with Crippen LogP contribution in [0.2, 0.25) is 0 Å². The summed E-state index contributed by atoms with van der Waals surface area (Å²) in [4.78, 5) is 18.1. The van der Waals surface area contributed by atoms with Crippen molar-refractivity contribution in [1.29, 1.82) is 0 Å². The number of carbonyl (C=O) groups is 1. The Bertz CT molecular complexity index is 808. The SMILES string of the molecule is Cc1cc(CN(C)C(=O)CCc2ncc(-c3ccccc3)o2)no1. The number of aryl methyl sites for hydroxylation is 2. The van der Waals surface area contributed by atoms with Crippen LogP contribution in [0.4, 0.5) is 0 Å². The van der Waals surface area contributed by atoms with E-state index in [1.165, 1.54) is 0 Å². The Balaban J connectivity index is 1.53. The van der Waals surface area contributed by atoms with Crippen molar-refractivity contribution in [2.75, 3.05) is 7.05 Å². The third-order valence-electron chi connectivity index (χ3n) is 3.67. The molecule has 1 amide bonds. The van der Waals surface area contributed by atoms with Crippen molar-refractivity contribution < 1.29 is 13.7 Å². The Hall–Kier alpha value is -2.89. The molecule has 2 aromatic heterocycles. The lowest BCUT2D eigenvalue weighted by Gasteiger charge is -2.14. The van der Waals surface area contributed by atoms with Crippen LogP contribution in [0.5, 0.6) is 0 Å². The van der Waals surface area contributed by atoms with Gasteiger partial charge in [-0.3, -0.25) is 4.79 Å². The standard InChI is InChI=1S/C18H19N3O3/c1-13-10-15(20-24-13)12-21(2)18(22)9-8-17-19-11-16(23-17)14-6-4-3-5-7-14/h3-7,10-11H,8-9,12H2,1-2H3. The molecule has 3 aromatic rings. The Kier molecular flexibility index (Phi) is 4.74. The van der Waals surface area contributed by atoms with Crippen molar-refractivity contribution in [3.8, 4) is 11.3 Å². The van der Waals surface area contributed by atoms with Crippen molar-refractivity contribution in [1.82, 2.24) is 15.0 Å². The van der Waals surface area contributed by atoms with Crippen LogP contribution in [0, 0.1) is 6.92 Å². The van der Waals surface area contributed by atoms with Crippen LogP contribution in [0.3, 0.4) is 0 Å². The molecular formula is C18H19N3O3. The van der Waals surface area contributed by atoms with Gasteiger partial charge in [-0.1, -0.05) is 35.5 Å². The number of oxazole rings is 1. The van der Waals surface area contributed by atoms with E-state index in [1.54, 1.807) is 18.1 Å². The Morgan fingerprint density at radius 1 is 1.25 bits per heavy atom. The topological polar surface area (TPSA) is 72.4 Å². The zero-order chi connectivity index (χ0) is 16.9. The highest BCUT2D eigenvalue weighted by molar-refractivity contribution is 5.76. The van der Waals surface area contributed by atoms with Gasteiger partial charge in [0.05, 0.1) is 12.7 Å². The van der Waals surface area contributed by atoms with Crippen molar-refractivity contribution in [3.63, 3.8) is 0 Å². The predicted octanol–water partition coefficient (Wildman–Crippen LogP) is 3.23. The molecule has 0 atom stereocenters. The molecule has 124 valence electrons. The highest BCUT2D eigenvalue weighted by Crippen LogP contribution is 2.20. The zero-order valence-electron chi connectivity index (χ0n) is 13.7. The second-order valence-corrected chi connectivity index (χ2v) is 5.66. The number of amides is 1. The molecule has 2 heterocycles. The lowest BCUT2D eigenvalue weighted by atomic mass is 10.2. The van der Waals surface area contributed by atoms with Crippen molar-refractivity contribution in [2.24, 2.45) is 0 Å². The molecule has 0 spiro atoms. The summed E-state index contributed by atoms with van der Waals surface area (Å²) in [6.07, 6.45) is 2.49. The summed E-state index contributed by atoms with van der Waals surface area (Å²) in [5.74, 6) is 2.02. The minimum absolute atomic E-state index is 0.00936. The third-order valence-corrected chi connectivity index (χ3v) is 3.67. The number of carbonyl (C=O) groups excluding carboxylic acids is 1. The first-order chi connectivity index (χ1) is 11.6. The molecule has 0 unspecified atom stereocenters. The van der Waals surface area contributed by atoms with Crippen molar-refractivity contribution in [2.45, 2.75) is 26.3 Å². The Labute approximate surface area is 140 Å². The molecule has 6 heteroatoms. The molecule has 0 aliphatic rings. The van der Waals surface area contributed by atoms with Gasteiger partial charge in [0, 0.05) is 31.5 Å². The summed E-state index contributed by atoms with van der Waals surface area (Å²) in [6.45, 7) is 2.25. The molecule has 1 aromatic carbocycles. The lowest BCUT2D eigenvalue weighted by Crippen LogP contribution is -2.26. The van der Waals surface area contributed by atoms with E-state index in [1.807, 2.05) is 43.3 Å². The summed E-state index contributed by atoms with van der Waals surface area (Å²) in [5, 5.41) is 3.89. The summed E-state index contributed by atoms with van der Waals surface area (Å²) in [6, 6.07) is 11.6. The predicted molar refractivity (Wildman–Crippen MR) is 88.0 cm³/mol. The van der Waals surface area contributed by atoms with E-state index in [2.05, 4.69) is 10.1 Å². The van der Waals surface area contributed by atoms with Crippen LogP contribution in [0.1, 0.15) is 23.8 Å². The highest BCUT2D eigenvalue weighted by Gasteiger charge is 2.14. The molecule has 0 radical (unpaired) electrons. The molecular weight excluding hydrogens is 306 g/mol.